The van der Waals surface area contributed by atoms with Crippen LogP contribution in [0.1, 0.15) is 27.7 Å². The van der Waals surface area contributed by atoms with Crippen molar-refractivity contribution in [2.75, 3.05) is 0 Å². The number of carboxylic acids is 1. The van der Waals surface area contributed by atoms with Crippen molar-refractivity contribution in [2.45, 2.75) is 38.8 Å². The van der Waals surface area contributed by atoms with Crippen LogP contribution < -0.4 is 0 Å². The van der Waals surface area contributed by atoms with E-state index in [0.29, 0.717) is 6.29 Å². The van der Waals surface area contributed by atoms with Gasteiger partial charge in [-0.3, -0.25) is 4.79 Å². The highest BCUT2D eigenvalue weighted by Gasteiger charge is 2.61. The summed E-state index contributed by atoms with van der Waals surface area (Å²) in [6.07, 6.45) is 0.622. The van der Waals surface area contributed by atoms with Crippen molar-refractivity contribution in [3.05, 3.63) is 0 Å². The molecule has 5 nitrogen and oxygen atoms in total. The second-order valence-electron chi connectivity index (χ2n) is 5.10. The molecule has 2 N–H and O–H groups in total. The Balaban J connectivity index is 3.26. The van der Waals surface area contributed by atoms with Crippen LogP contribution in [0.15, 0.2) is 0 Å². The number of hydroxylamine groups is 2. The summed E-state index contributed by atoms with van der Waals surface area (Å²) in [4.78, 5) is 22.1. The van der Waals surface area contributed by atoms with Crippen molar-refractivity contribution >= 4 is 12.3 Å². The molecular weight excluding hydrogens is 198 g/mol. The molecule has 0 spiro atoms. The van der Waals surface area contributed by atoms with E-state index in [1.54, 1.807) is 27.7 Å². The van der Waals surface area contributed by atoms with Gasteiger partial charge < -0.3 is 15.1 Å². The molecule has 0 aromatic heterocycles. The first-order chi connectivity index (χ1) is 6.67. The van der Waals surface area contributed by atoms with E-state index in [-0.39, 0.29) is 0 Å². The molecule has 0 aromatic rings. The van der Waals surface area contributed by atoms with Crippen LogP contribution >= 0.6 is 0 Å². The van der Waals surface area contributed by atoms with Crippen LogP contribution in [0.25, 0.3) is 0 Å². The number of carbonyl (C=O) groups is 2. The summed E-state index contributed by atoms with van der Waals surface area (Å²) in [5, 5.41) is 20.0. The van der Waals surface area contributed by atoms with Gasteiger partial charge in [0.2, 0.25) is 0 Å². The number of nitrogens with zero attached hydrogens (tertiary/aromatic N) is 1. The first-order valence-corrected chi connectivity index (χ1v) is 4.84. The molecule has 0 bridgehead atoms. The van der Waals surface area contributed by atoms with Gasteiger partial charge in [0.05, 0.1) is 17.0 Å². The molecule has 1 saturated heterocycles. The van der Waals surface area contributed by atoms with Gasteiger partial charge in [0, 0.05) is 5.92 Å². The van der Waals surface area contributed by atoms with Gasteiger partial charge >= 0.3 is 5.97 Å². The van der Waals surface area contributed by atoms with Crippen molar-refractivity contribution in [3.63, 3.8) is 0 Å². The molecule has 1 rings (SSSR count). The van der Waals surface area contributed by atoms with E-state index >= 15 is 0 Å². The van der Waals surface area contributed by atoms with Crippen LogP contribution in [-0.2, 0) is 9.59 Å². The fourth-order valence-corrected chi connectivity index (χ4v) is 2.56. The maximum absolute atomic E-state index is 11.1. The molecule has 1 aliphatic heterocycles. The van der Waals surface area contributed by atoms with Gasteiger partial charge in [-0.25, -0.2) is 0 Å². The Kier molecular flexibility index (Phi) is 2.65. The Morgan fingerprint density at radius 2 is 1.73 bits per heavy atom. The van der Waals surface area contributed by atoms with Crippen LogP contribution in [0.5, 0.6) is 0 Å². The number of aliphatic carboxylic acids is 1. The molecular formula is C10H17NO4. The third kappa shape index (κ3) is 1.46. The van der Waals surface area contributed by atoms with Crippen molar-refractivity contribution in [2.24, 2.45) is 11.8 Å². The summed E-state index contributed by atoms with van der Waals surface area (Å²) in [6.45, 7) is 6.57. The monoisotopic (exact) mass is 215 g/mol. The number of hydrogen-bond donors (Lipinski definition) is 2. The molecule has 2 atom stereocenters. The Morgan fingerprint density at radius 3 is 2.00 bits per heavy atom. The number of hydrogen-bond acceptors (Lipinski definition) is 4. The van der Waals surface area contributed by atoms with Gasteiger partial charge in [-0.05, 0) is 27.7 Å². The smallest absolute Gasteiger partial charge is 0.309 e. The topological polar surface area (TPSA) is 77.8 Å². The summed E-state index contributed by atoms with van der Waals surface area (Å²) in [5.41, 5.74) is -1.80. The molecule has 86 valence electrons. The summed E-state index contributed by atoms with van der Waals surface area (Å²) < 4.78 is 0. The molecule has 0 amide bonds. The molecule has 15 heavy (non-hydrogen) atoms. The fourth-order valence-electron chi connectivity index (χ4n) is 2.56. The van der Waals surface area contributed by atoms with Gasteiger partial charge in [-0.15, -0.1) is 0 Å². The number of carbonyl (C=O) groups excluding carboxylic acids is 1. The summed E-state index contributed by atoms with van der Waals surface area (Å²) in [6, 6.07) is 0. The lowest BCUT2D eigenvalue weighted by Crippen LogP contribution is -2.48. The highest BCUT2D eigenvalue weighted by Crippen LogP contribution is 2.47. The van der Waals surface area contributed by atoms with E-state index in [1.165, 1.54) is 0 Å². The van der Waals surface area contributed by atoms with E-state index in [0.717, 1.165) is 5.06 Å². The molecule has 0 unspecified atom stereocenters. The highest BCUT2D eigenvalue weighted by atomic mass is 16.5. The van der Waals surface area contributed by atoms with Gasteiger partial charge in [0.15, 0.2) is 0 Å². The van der Waals surface area contributed by atoms with Crippen LogP contribution in [0.3, 0.4) is 0 Å². The Morgan fingerprint density at radius 1 is 1.27 bits per heavy atom. The number of aldehydes is 1. The quantitative estimate of drug-likeness (QED) is 0.665. The van der Waals surface area contributed by atoms with E-state index < -0.39 is 28.9 Å². The van der Waals surface area contributed by atoms with Gasteiger partial charge in [0.25, 0.3) is 0 Å². The third-order valence-corrected chi connectivity index (χ3v) is 3.44. The molecule has 0 radical (unpaired) electrons. The van der Waals surface area contributed by atoms with Gasteiger partial charge in [-0.1, -0.05) is 0 Å². The Bertz CT molecular complexity index is 298. The summed E-state index contributed by atoms with van der Waals surface area (Å²) in [5.74, 6) is -2.66. The zero-order chi connectivity index (χ0) is 12.0. The minimum Gasteiger partial charge on any atom is -0.481 e. The maximum atomic E-state index is 11.1. The molecule has 5 heteroatoms. The largest absolute Gasteiger partial charge is 0.481 e. The lowest BCUT2D eigenvalue weighted by Gasteiger charge is -2.35. The summed E-state index contributed by atoms with van der Waals surface area (Å²) in [7, 11) is 0. The molecule has 1 fully saturated rings. The standard InChI is InChI=1S/C10H17NO4/c1-9(2)6(5-12)7(8(13)14)10(3,4)11(9)15/h5-7,15H,1-4H3,(H,13,14)/t6-,7+/m1/s1. The average molecular weight is 215 g/mol. The molecule has 1 aliphatic rings. The highest BCUT2D eigenvalue weighted by molar-refractivity contribution is 5.78. The van der Waals surface area contributed by atoms with Crippen molar-refractivity contribution < 1.29 is 19.9 Å². The summed E-state index contributed by atoms with van der Waals surface area (Å²) >= 11 is 0. The van der Waals surface area contributed by atoms with Crippen LogP contribution in [0, 0.1) is 11.8 Å². The maximum Gasteiger partial charge on any atom is 0.309 e. The predicted octanol–water partition coefficient (Wildman–Crippen LogP) is 0.764. The second-order valence-corrected chi connectivity index (χ2v) is 5.10. The third-order valence-electron chi connectivity index (χ3n) is 3.44. The van der Waals surface area contributed by atoms with Crippen molar-refractivity contribution in [1.29, 1.82) is 0 Å². The zero-order valence-corrected chi connectivity index (χ0v) is 9.39. The van der Waals surface area contributed by atoms with Crippen molar-refractivity contribution in [1.82, 2.24) is 5.06 Å². The van der Waals surface area contributed by atoms with Crippen molar-refractivity contribution in [3.8, 4) is 0 Å². The number of carboxylic acid groups (broad SMARTS) is 1. The van der Waals surface area contributed by atoms with Crippen LogP contribution in [0.4, 0.5) is 0 Å². The zero-order valence-electron chi connectivity index (χ0n) is 9.39. The number of rotatable bonds is 2. The first-order valence-electron chi connectivity index (χ1n) is 4.84. The normalized spacial score (nSPS) is 33.9. The lowest BCUT2D eigenvalue weighted by molar-refractivity contribution is -0.201. The van der Waals surface area contributed by atoms with E-state index in [1.807, 2.05) is 0 Å². The van der Waals surface area contributed by atoms with Gasteiger partial charge in [-0.2, -0.15) is 5.06 Å². The predicted molar refractivity (Wildman–Crippen MR) is 52.5 cm³/mol. The Labute approximate surface area is 88.6 Å². The van der Waals surface area contributed by atoms with Crippen LogP contribution in [-0.4, -0.2) is 38.7 Å². The Hall–Kier alpha value is -0.940. The van der Waals surface area contributed by atoms with E-state index in [4.69, 9.17) is 5.11 Å². The second kappa shape index (κ2) is 3.28. The average Bonchev–Trinajstić information content (AvgIpc) is 2.22. The SMILES string of the molecule is CC1(C)[C@H](C=O)[C@@H](C(=O)O)C(C)(C)N1O. The molecule has 0 aliphatic carbocycles. The molecule has 0 aromatic carbocycles. The first kappa shape index (κ1) is 12.1. The van der Waals surface area contributed by atoms with E-state index in [2.05, 4.69) is 0 Å². The molecule has 0 saturated carbocycles. The molecule has 1 heterocycles. The minimum absolute atomic E-state index is 0.622. The lowest BCUT2D eigenvalue weighted by atomic mass is 9.78. The minimum atomic E-state index is -1.05. The van der Waals surface area contributed by atoms with E-state index in [9.17, 15) is 14.8 Å². The van der Waals surface area contributed by atoms with Gasteiger partial charge in [0.1, 0.15) is 6.29 Å². The van der Waals surface area contributed by atoms with Crippen LogP contribution in [0.2, 0.25) is 0 Å². The fraction of sp³-hybridized carbons (Fsp3) is 0.800.